The van der Waals surface area contributed by atoms with Crippen molar-refractivity contribution in [3.05, 3.63) is 41.9 Å². The van der Waals surface area contributed by atoms with Crippen molar-refractivity contribution in [2.24, 2.45) is 11.8 Å². The van der Waals surface area contributed by atoms with Crippen LogP contribution in [0.5, 0.6) is 0 Å². The van der Waals surface area contributed by atoms with Gasteiger partial charge in [-0.15, -0.1) is 0 Å². The van der Waals surface area contributed by atoms with Crippen molar-refractivity contribution < 1.29 is 9.32 Å². The Morgan fingerprint density at radius 2 is 2.10 bits per heavy atom. The number of nitrogens with one attached hydrogen (secondary N) is 1. The van der Waals surface area contributed by atoms with E-state index in [0.29, 0.717) is 24.2 Å². The molecule has 31 heavy (non-hydrogen) atoms. The molecule has 2 aliphatic rings. The summed E-state index contributed by atoms with van der Waals surface area (Å²) in [7, 11) is 0. The van der Waals surface area contributed by atoms with Gasteiger partial charge in [-0.25, -0.2) is 4.98 Å². The second kappa shape index (κ2) is 10.8. The van der Waals surface area contributed by atoms with Crippen LogP contribution < -0.4 is 10.2 Å². The van der Waals surface area contributed by atoms with Crippen molar-refractivity contribution >= 4 is 11.7 Å². The molecule has 7 nitrogen and oxygen atoms in total. The van der Waals surface area contributed by atoms with E-state index in [1.54, 1.807) is 0 Å². The summed E-state index contributed by atoms with van der Waals surface area (Å²) in [4.78, 5) is 21.8. The van der Waals surface area contributed by atoms with Crippen molar-refractivity contribution in [3.8, 4) is 0 Å². The molecule has 2 fully saturated rings. The minimum atomic E-state index is 0.293. The van der Waals surface area contributed by atoms with Gasteiger partial charge >= 0.3 is 0 Å². The smallest absolute Gasteiger partial charge is 0.222 e. The van der Waals surface area contributed by atoms with Crippen molar-refractivity contribution in [1.82, 2.24) is 20.4 Å². The molecular weight excluding hydrogens is 390 g/mol. The number of hydrogen-bond acceptors (Lipinski definition) is 6. The Labute approximate surface area is 185 Å². The molecule has 0 radical (unpaired) electrons. The van der Waals surface area contributed by atoms with Gasteiger partial charge < -0.3 is 19.6 Å². The predicted molar refractivity (Wildman–Crippen MR) is 121 cm³/mol. The normalized spacial score (nSPS) is 22.0. The van der Waals surface area contributed by atoms with Gasteiger partial charge in [-0.05, 0) is 56.3 Å². The Balaban J connectivity index is 1.29. The number of pyridine rings is 1. The van der Waals surface area contributed by atoms with E-state index in [1.807, 2.05) is 29.3 Å². The number of piperazine rings is 1. The molecule has 2 saturated heterocycles. The minimum Gasteiger partial charge on any atom is -0.361 e. The van der Waals surface area contributed by atoms with Crippen LogP contribution in [0.2, 0.25) is 0 Å². The highest BCUT2D eigenvalue weighted by Gasteiger charge is 2.30. The molecule has 2 atom stereocenters. The Morgan fingerprint density at radius 3 is 2.87 bits per heavy atom. The summed E-state index contributed by atoms with van der Waals surface area (Å²) in [5.41, 5.74) is 1.03. The molecule has 0 spiro atoms. The zero-order chi connectivity index (χ0) is 21.5. The van der Waals surface area contributed by atoms with E-state index < -0.39 is 0 Å². The van der Waals surface area contributed by atoms with Gasteiger partial charge in [0.05, 0.1) is 5.69 Å². The largest absolute Gasteiger partial charge is 0.361 e. The summed E-state index contributed by atoms with van der Waals surface area (Å²) in [5, 5.41) is 7.80. The van der Waals surface area contributed by atoms with Crippen LogP contribution in [-0.2, 0) is 17.6 Å². The van der Waals surface area contributed by atoms with Crippen LogP contribution in [0.3, 0.4) is 0 Å². The quantitative estimate of drug-likeness (QED) is 0.701. The fourth-order valence-electron chi connectivity index (χ4n) is 4.75. The van der Waals surface area contributed by atoms with Crippen molar-refractivity contribution in [3.63, 3.8) is 0 Å². The number of aryl methyl sites for hydroxylation is 1. The lowest BCUT2D eigenvalue weighted by Crippen LogP contribution is -2.50. The second-order valence-corrected chi connectivity index (χ2v) is 8.87. The number of carbonyl (C=O) groups is 1. The average Bonchev–Trinajstić information content (AvgIpc) is 3.27. The number of carbonyl (C=O) groups excluding carboxylic acids is 1. The summed E-state index contributed by atoms with van der Waals surface area (Å²) < 4.78 is 5.51. The predicted octanol–water partition coefficient (Wildman–Crippen LogP) is 2.92. The Bertz CT molecular complexity index is 816. The molecule has 2 aromatic rings. The molecule has 0 saturated carbocycles. The van der Waals surface area contributed by atoms with E-state index in [1.165, 1.54) is 0 Å². The second-order valence-electron chi connectivity index (χ2n) is 8.87. The number of rotatable bonds is 8. The van der Waals surface area contributed by atoms with Crippen molar-refractivity contribution in [2.75, 3.05) is 44.2 Å². The van der Waals surface area contributed by atoms with Crippen LogP contribution in [0.1, 0.15) is 44.1 Å². The monoisotopic (exact) mass is 425 g/mol. The molecule has 1 N–H and O–H groups in total. The summed E-state index contributed by atoms with van der Waals surface area (Å²) >= 11 is 0. The molecule has 2 unspecified atom stereocenters. The number of aromatic nitrogens is 2. The molecule has 0 aromatic carbocycles. The van der Waals surface area contributed by atoms with Gasteiger partial charge in [0.15, 0.2) is 0 Å². The first-order chi connectivity index (χ1) is 15.2. The van der Waals surface area contributed by atoms with Gasteiger partial charge in [0, 0.05) is 51.3 Å². The maximum atomic E-state index is 13.1. The molecule has 4 rings (SSSR count). The van der Waals surface area contributed by atoms with Gasteiger partial charge in [0.1, 0.15) is 11.6 Å². The minimum absolute atomic E-state index is 0.293. The summed E-state index contributed by atoms with van der Waals surface area (Å²) in [6, 6.07) is 8.09. The van der Waals surface area contributed by atoms with Gasteiger partial charge in [-0.2, -0.15) is 0 Å². The fourth-order valence-corrected chi connectivity index (χ4v) is 4.75. The van der Waals surface area contributed by atoms with E-state index in [9.17, 15) is 4.79 Å². The van der Waals surface area contributed by atoms with Gasteiger partial charge in [-0.1, -0.05) is 24.6 Å². The molecule has 0 aliphatic carbocycles. The number of unbranched alkanes of at least 4 members (excludes halogenated alkanes) is 1. The number of amides is 1. The van der Waals surface area contributed by atoms with Crippen molar-refractivity contribution in [2.45, 2.75) is 45.4 Å². The fraction of sp³-hybridized carbons (Fsp3) is 0.625. The summed E-state index contributed by atoms with van der Waals surface area (Å²) in [5.74, 6) is 3.11. The third kappa shape index (κ3) is 5.85. The zero-order valence-corrected chi connectivity index (χ0v) is 18.6. The van der Waals surface area contributed by atoms with E-state index in [4.69, 9.17) is 4.52 Å². The molecule has 2 aliphatic heterocycles. The third-order valence-corrected chi connectivity index (χ3v) is 6.66. The molecule has 0 bridgehead atoms. The number of hydrogen-bond donors (Lipinski definition) is 1. The molecule has 168 valence electrons. The molecule has 1 amide bonds. The maximum Gasteiger partial charge on any atom is 0.222 e. The van der Waals surface area contributed by atoms with Crippen LogP contribution in [-0.4, -0.2) is 60.2 Å². The lowest BCUT2D eigenvalue weighted by Gasteiger charge is -2.37. The SMILES string of the molecule is CCCCc1cc(CC2CNCCC2CC(=O)N2CCN(c3ccccn3)CC2)no1. The zero-order valence-electron chi connectivity index (χ0n) is 18.6. The lowest BCUT2D eigenvalue weighted by molar-refractivity contribution is -0.133. The Kier molecular flexibility index (Phi) is 7.57. The van der Waals surface area contributed by atoms with Gasteiger partial charge in [0.2, 0.25) is 5.91 Å². The van der Waals surface area contributed by atoms with Crippen LogP contribution >= 0.6 is 0 Å². The third-order valence-electron chi connectivity index (χ3n) is 6.66. The van der Waals surface area contributed by atoms with Crippen LogP contribution in [0.25, 0.3) is 0 Å². The number of anilines is 1. The topological polar surface area (TPSA) is 74.5 Å². The van der Waals surface area contributed by atoms with E-state index in [0.717, 1.165) is 88.6 Å². The highest BCUT2D eigenvalue weighted by atomic mass is 16.5. The average molecular weight is 426 g/mol. The van der Waals surface area contributed by atoms with Crippen LogP contribution in [0.4, 0.5) is 5.82 Å². The lowest BCUT2D eigenvalue weighted by atomic mass is 9.81. The van der Waals surface area contributed by atoms with Crippen LogP contribution in [0, 0.1) is 11.8 Å². The van der Waals surface area contributed by atoms with E-state index >= 15 is 0 Å². The summed E-state index contributed by atoms with van der Waals surface area (Å²) in [6.07, 6.45) is 7.63. The van der Waals surface area contributed by atoms with E-state index in [2.05, 4.69) is 33.3 Å². The first-order valence-corrected chi connectivity index (χ1v) is 11.8. The molecule has 2 aromatic heterocycles. The number of piperidine rings is 1. The molecule has 7 heteroatoms. The molecular formula is C24H35N5O2. The standard InChI is InChI=1S/C24H35N5O2/c1-2-3-6-22-17-21(27-31-22)15-20-18-25-10-8-19(20)16-24(30)29-13-11-28(12-14-29)23-7-4-5-9-26-23/h4-5,7,9,17,19-20,25H,2-3,6,8,10-16,18H2,1H3. The first-order valence-electron chi connectivity index (χ1n) is 11.8. The van der Waals surface area contributed by atoms with Crippen LogP contribution in [0.15, 0.2) is 35.0 Å². The van der Waals surface area contributed by atoms with E-state index in [-0.39, 0.29) is 0 Å². The van der Waals surface area contributed by atoms with Crippen molar-refractivity contribution in [1.29, 1.82) is 0 Å². The number of nitrogens with zero attached hydrogens (tertiary/aromatic N) is 4. The highest BCUT2D eigenvalue weighted by Crippen LogP contribution is 2.27. The highest BCUT2D eigenvalue weighted by molar-refractivity contribution is 5.76. The Morgan fingerprint density at radius 1 is 1.23 bits per heavy atom. The maximum absolute atomic E-state index is 13.1. The van der Waals surface area contributed by atoms with Gasteiger partial charge in [-0.3, -0.25) is 4.79 Å². The molecule has 4 heterocycles. The first kappa shape index (κ1) is 21.8. The Hall–Kier alpha value is -2.41. The summed E-state index contributed by atoms with van der Waals surface area (Å²) in [6.45, 7) is 7.36. The van der Waals surface area contributed by atoms with Gasteiger partial charge in [0.25, 0.3) is 0 Å².